The zero-order valence-electron chi connectivity index (χ0n) is 9.66. The zero-order chi connectivity index (χ0) is 14.0. The molecular formula is C13H9BrCl2N2O. The van der Waals surface area contributed by atoms with Crippen molar-refractivity contribution in [1.82, 2.24) is 4.98 Å². The highest BCUT2D eigenvalue weighted by molar-refractivity contribution is 9.10. The maximum Gasteiger partial charge on any atom is 0.168 e. The minimum atomic E-state index is -0.112. The van der Waals surface area contributed by atoms with Gasteiger partial charge in [0.1, 0.15) is 0 Å². The van der Waals surface area contributed by atoms with Crippen LogP contribution in [0.3, 0.4) is 0 Å². The second-order valence-corrected chi connectivity index (χ2v) is 5.65. The van der Waals surface area contributed by atoms with Crippen molar-refractivity contribution in [2.75, 3.05) is 5.73 Å². The van der Waals surface area contributed by atoms with Crippen LogP contribution in [0.25, 0.3) is 0 Å². The Bertz CT molecular complexity index is 606. The average molecular weight is 360 g/mol. The molecule has 0 aliphatic carbocycles. The van der Waals surface area contributed by atoms with Gasteiger partial charge in [0.25, 0.3) is 0 Å². The normalized spacial score (nSPS) is 10.5. The quantitative estimate of drug-likeness (QED) is 0.661. The molecule has 0 fully saturated rings. The number of anilines is 1. The van der Waals surface area contributed by atoms with E-state index in [0.717, 1.165) is 4.47 Å². The van der Waals surface area contributed by atoms with Gasteiger partial charge in [-0.1, -0.05) is 23.2 Å². The molecule has 0 spiro atoms. The molecule has 0 atom stereocenters. The maximum absolute atomic E-state index is 12.1. The third-order valence-corrected chi connectivity index (χ3v) is 3.63. The van der Waals surface area contributed by atoms with Crippen molar-refractivity contribution < 1.29 is 4.79 Å². The highest BCUT2D eigenvalue weighted by atomic mass is 79.9. The molecule has 2 aromatic rings. The molecule has 1 aromatic carbocycles. The summed E-state index contributed by atoms with van der Waals surface area (Å²) in [5.41, 5.74) is 7.01. The lowest BCUT2D eigenvalue weighted by Gasteiger charge is -2.06. The molecule has 0 unspecified atom stereocenters. The number of rotatable bonds is 3. The van der Waals surface area contributed by atoms with E-state index in [0.29, 0.717) is 11.3 Å². The van der Waals surface area contributed by atoms with E-state index in [4.69, 9.17) is 28.9 Å². The largest absolute Gasteiger partial charge is 0.396 e. The van der Waals surface area contributed by atoms with Crippen LogP contribution in [-0.4, -0.2) is 10.8 Å². The second-order valence-electron chi connectivity index (χ2n) is 3.92. The smallest absolute Gasteiger partial charge is 0.168 e. The van der Waals surface area contributed by atoms with Gasteiger partial charge in [-0.15, -0.1) is 0 Å². The number of Topliss-reactive ketones (excluding diaryl/α,β-unsaturated/α-hetero) is 1. The third kappa shape index (κ3) is 3.47. The van der Waals surface area contributed by atoms with E-state index in [1.165, 1.54) is 12.1 Å². The highest BCUT2D eigenvalue weighted by Crippen LogP contribution is 2.29. The monoisotopic (exact) mass is 358 g/mol. The Hall–Kier alpha value is -1.10. The molecule has 2 N–H and O–H groups in total. The number of nitrogens with two attached hydrogens (primary N) is 1. The lowest BCUT2D eigenvalue weighted by molar-refractivity contribution is 0.0992. The number of halogens is 3. The fourth-order valence-corrected chi connectivity index (χ4v) is 2.24. The molecule has 0 aliphatic heterocycles. The molecule has 0 saturated heterocycles. The van der Waals surface area contributed by atoms with Crippen LogP contribution >= 0.6 is 39.1 Å². The number of carbonyl (C=O) groups excluding carboxylic acids is 1. The van der Waals surface area contributed by atoms with E-state index < -0.39 is 0 Å². The molecular weight excluding hydrogens is 351 g/mol. The van der Waals surface area contributed by atoms with Gasteiger partial charge in [-0.2, -0.15) is 0 Å². The summed E-state index contributed by atoms with van der Waals surface area (Å²) < 4.78 is 0.863. The Morgan fingerprint density at radius 2 is 1.89 bits per heavy atom. The van der Waals surface area contributed by atoms with E-state index in [1.54, 1.807) is 12.3 Å². The molecule has 0 amide bonds. The van der Waals surface area contributed by atoms with Crippen LogP contribution in [0, 0.1) is 0 Å². The van der Waals surface area contributed by atoms with Gasteiger partial charge in [0.2, 0.25) is 0 Å². The van der Waals surface area contributed by atoms with Gasteiger partial charge in [0, 0.05) is 21.9 Å². The number of pyridine rings is 1. The molecule has 1 heterocycles. The Morgan fingerprint density at radius 1 is 1.26 bits per heavy atom. The Kier molecular flexibility index (Phi) is 4.45. The highest BCUT2D eigenvalue weighted by Gasteiger charge is 2.12. The summed E-state index contributed by atoms with van der Waals surface area (Å²) in [7, 11) is 0. The second kappa shape index (κ2) is 5.90. The third-order valence-electron chi connectivity index (χ3n) is 2.53. The van der Waals surface area contributed by atoms with E-state index >= 15 is 0 Å². The predicted molar refractivity (Wildman–Crippen MR) is 80.8 cm³/mol. The number of benzene rings is 1. The van der Waals surface area contributed by atoms with E-state index in [1.807, 2.05) is 6.07 Å². The van der Waals surface area contributed by atoms with Crippen molar-refractivity contribution in [2.45, 2.75) is 6.42 Å². The molecule has 0 saturated carbocycles. The standard InChI is InChI=1S/C13H9BrCl2N2O/c14-8-1-2-9(18-6-8)5-12(19)7-3-10(15)13(17)11(16)4-7/h1-4,6H,5,17H2. The molecule has 2 rings (SSSR count). The summed E-state index contributed by atoms with van der Waals surface area (Å²) in [6, 6.07) is 6.65. The average Bonchev–Trinajstić information content (AvgIpc) is 2.38. The first-order valence-corrected chi connectivity index (χ1v) is 6.90. The van der Waals surface area contributed by atoms with E-state index in [-0.39, 0.29) is 27.9 Å². The van der Waals surface area contributed by atoms with Crippen LogP contribution in [0.15, 0.2) is 34.9 Å². The minimum absolute atomic E-state index is 0.112. The number of carbonyl (C=O) groups is 1. The van der Waals surface area contributed by atoms with Gasteiger partial charge in [0.05, 0.1) is 22.2 Å². The van der Waals surface area contributed by atoms with Crippen LogP contribution < -0.4 is 5.73 Å². The molecule has 1 aromatic heterocycles. The van der Waals surface area contributed by atoms with Crippen molar-refractivity contribution in [1.29, 1.82) is 0 Å². The van der Waals surface area contributed by atoms with Crippen LogP contribution in [-0.2, 0) is 6.42 Å². The fraction of sp³-hybridized carbons (Fsp3) is 0.0769. The Labute approximate surface area is 128 Å². The van der Waals surface area contributed by atoms with Crippen molar-refractivity contribution >= 4 is 50.6 Å². The summed E-state index contributed by atoms with van der Waals surface area (Å²) in [5, 5.41) is 0.555. The first-order chi connectivity index (χ1) is 8.97. The Balaban J connectivity index is 2.23. The SMILES string of the molecule is Nc1c(Cl)cc(C(=O)Cc2ccc(Br)cn2)cc1Cl. The number of aromatic nitrogens is 1. The van der Waals surface area contributed by atoms with Crippen molar-refractivity contribution in [2.24, 2.45) is 0 Å². The van der Waals surface area contributed by atoms with Gasteiger partial charge < -0.3 is 5.73 Å². The maximum atomic E-state index is 12.1. The topological polar surface area (TPSA) is 56.0 Å². The van der Waals surface area contributed by atoms with E-state index in [2.05, 4.69) is 20.9 Å². The molecule has 3 nitrogen and oxygen atoms in total. The Morgan fingerprint density at radius 3 is 2.42 bits per heavy atom. The molecule has 98 valence electrons. The fourth-order valence-electron chi connectivity index (χ4n) is 1.52. The van der Waals surface area contributed by atoms with Crippen molar-refractivity contribution in [3.63, 3.8) is 0 Å². The zero-order valence-corrected chi connectivity index (χ0v) is 12.8. The number of hydrogen-bond donors (Lipinski definition) is 1. The first-order valence-electron chi connectivity index (χ1n) is 5.35. The lowest BCUT2D eigenvalue weighted by atomic mass is 10.1. The van der Waals surface area contributed by atoms with Gasteiger partial charge in [-0.3, -0.25) is 9.78 Å². The van der Waals surface area contributed by atoms with E-state index in [9.17, 15) is 4.79 Å². The summed E-state index contributed by atoms with van der Waals surface area (Å²) in [5.74, 6) is -0.112. The van der Waals surface area contributed by atoms with Crippen LogP contribution in [0.2, 0.25) is 10.0 Å². The molecule has 19 heavy (non-hydrogen) atoms. The summed E-state index contributed by atoms with van der Waals surface area (Å²) in [6.45, 7) is 0. The number of ketones is 1. The lowest BCUT2D eigenvalue weighted by Crippen LogP contribution is -2.05. The van der Waals surface area contributed by atoms with Crippen LogP contribution in [0.4, 0.5) is 5.69 Å². The predicted octanol–water partition coefficient (Wildman–Crippen LogP) is 4.16. The first kappa shape index (κ1) is 14.3. The van der Waals surface area contributed by atoms with Crippen LogP contribution in [0.5, 0.6) is 0 Å². The summed E-state index contributed by atoms with van der Waals surface area (Å²) in [6.07, 6.45) is 1.83. The van der Waals surface area contributed by atoms with Crippen molar-refractivity contribution in [3.05, 3.63) is 56.2 Å². The van der Waals surface area contributed by atoms with Gasteiger partial charge in [-0.25, -0.2) is 0 Å². The molecule has 6 heteroatoms. The van der Waals surface area contributed by atoms with Crippen LogP contribution in [0.1, 0.15) is 16.1 Å². The number of nitrogen functional groups attached to an aromatic ring is 1. The molecule has 0 aliphatic rings. The van der Waals surface area contributed by atoms with Gasteiger partial charge in [0.15, 0.2) is 5.78 Å². The number of nitrogens with zero attached hydrogens (tertiary/aromatic N) is 1. The van der Waals surface area contributed by atoms with Crippen molar-refractivity contribution in [3.8, 4) is 0 Å². The van der Waals surface area contributed by atoms with Gasteiger partial charge in [-0.05, 0) is 40.2 Å². The molecule has 0 bridgehead atoms. The van der Waals surface area contributed by atoms with Gasteiger partial charge >= 0.3 is 0 Å². The summed E-state index contributed by atoms with van der Waals surface area (Å²) in [4.78, 5) is 16.3. The minimum Gasteiger partial charge on any atom is -0.396 e. The number of hydrogen-bond acceptors (Lipinski definition) is 3. The molecule has 0 radical (unpaired) electrons. The summed E-state index contributed by atoms with van der Waals surface area (Å²) >= 11 is 15.1.